The smallest absolute Gasteiger partial charge is 0.333 e. The summed E-state index contributed by atoms with van der Waals surface area (Å²) in [4.78, 5) is 22.4. The second-order valence-electron chi connectivity index (χ2n) is 5.85. The summed E-state index contributed by atoms with van der Waals surface area (Å²) < 4.78 is 22.0. The summed E-state index contributed by atoms with van der Waals surface area (Å²) in [6.45, 7) is 6.35. The number of ether oxygens (including phenoxy) is 4. The van der Waals surface area contributed by atoms with Crippen LogP contribution in [-0.4, -0.2) is 38.4 Å². The minimum absolute atomic E-state index is 0.230. The van der Waals surface area contributed by atoms with Gasteiger partial charge in [-0.2, -0.15) is 0 Å². The van der Waals surface area contributed by atoms with Gasteiger partial charge in [-0.05, 0) is 31.9 Å². The third-order valence-electron chi connectivity index (χ3n) is 3.65. The van der Waals surface area contributed by atoms with Crippen molar-refractivity contribution in [2.24, 2.45) is 0 Å². The van der Waals surface area contributed by atoms with Crippen LogP contribution >= 0.6 is 0 Å². The van der Waals surface area contributed by atoms with Crippen LogP contribution in [0.25, 0.3) is 0 Å². The average Bonchev–Trinajstić information content (AvgIpc) is 2.62. The SMILES string of the molecule is C=C(C)C(=O)OCCCOc1cc(OC2CCCCO2)ccc1C=O. The van der Waals surface area contributed by atoms with E-state index in [1.54, 1.807) is 25.1 Å². The zero-order valence-corrected chi connectivity index (χ0v) is 14.5. The molecule has 1 aromatic rings. The maximum absolute atomic E-state index is 11.3. The third kappa shape index (κ3) is 6.23. The van der Waals surface area contributed by atoms with Crippen molar-refractivity contribution in [2.45, 2.75) is 38.9 Å². The summed E-state index contributed by atoms with van der Waals surface area (Å²) in [6.07, 6.45) is 3.95. The van der Waals surface area contributed by atoms with Crippen LogP contribution in [0, 0.1) is 0 Å². The normalized spacial score (nSPS) is 16.8. The van der Waals surface area contributed by atoms with Crippen LogP contribution in [0.15, 0.2) is 30.4 Å². The van der Waals surface area contributed by atoms with Crippen molar-refractivity contribution in [3.8, 4) is 11.5 Å². The predicted molar refractivity (Wildman–Crippen MR) is 91.9 cm³/mol. The highest BCUT2D eigenvalue weighted by atomic mass is 16.7. The minimum Gasteiger partial charge on any atom is -0.493 e. The topological polar surface area (TPSA) is 71.1 Å². The first-order chi connectivity index (χ1) is 12.1. The Labute approximate surface area is 147 Å². The standard InChI is InChI=1S/C19H24O6/c1-14(2)19(21)24-11-5-10-22-17-12-16(8-7-15(17)13-20)25-18-6-3-4-9-23-18/h7-8,12-13,18H,1,3-6,9-11H2,2H3. The monoisotopic (exact) mass is 348 g/mol. The molecule has 1 fully saturated rings. The molecule has 0 radical (unpaired) electrons. The molecule has 2 rings (SSSR count). The van der Waals surface area contributed by atoms with Crippen LogP contribution in [0.1, 0.15) is 43.0 Å². The van der Waals surface area contributed by atoms with Gasteiger partial charge in [0.05, 0.1) is 25.4 Å². The number of hydrogen-bond donors (Lipinski definition) is 0. The number of carbonyl (C=O) groups excluding carboxylic acids is 2. The highest BCUT2D eigenvalue weighted by Crippen LogP contribution is 2.26. The lowest BCUT2D eigenvalue weighted by Gasteiger charge is -2.23. The fraction of sp³-hybridized carbons (Fsp3) is 0.474. The van der Waals surface area contributed by atoms with Gasteiger partial charge < -0.3 is 18.9 Å². The number of aldehydes is 1. The van der Waals surface area contributed by atoms with E-state index < -0.39 is 5.97 Å². The van der Waals surface area contributed by atoms with E-state index >= 15 is 0 Å². The van der Waals surface area contributed by atoms with Crippen molar-refractivity contribution < 1.29 is 28.5 Å². The van der Waals surface area contributed by atoms with Gasteiger partial charge in [-0.1, -0.05) is 6.58 Å². The van der Waals surface area contributed by atoms with E-state index in [0.717, 1.165) is 25.5 Å². The van der Waals surface area contributed by atoms with E-state index in [1.165, 1.54) is 0 Å². The van der Waals surface area contributed by atoms with E-state index in [-0.39, 0.29) is 12.9 Å². The van der Waals surface area contributed by atoms with Crippen LogP contribution in [0.3, 0.4) is 0 Å². The Kier molecular flexibility index (Phi) is 7.47. The molecule has 1 aromatic carbocycles. The quantitative estimate of drug-likeness (QED) is 0.295. The van der Waals surface area contributed by atoms with Gasteiger partial charge in [0.25, 0.3) is 0 Å². The average molecular weight is 348 g/mol. The molecule has 0 aliphatic carbocycles. The van der Waals surface area contributed by atoms with E-state index in [4.69, 9.17) is 18.9 Å². The molecule has 0 bridgehead atoms. The second kappa shape index (κ2) is 9.84. The summed E-state index contributed by atoms with van der Waals surface area (Å²) in [5.41, 5.74) is 0.801. The molecule has 1 unspecified atom stereocenters. The van der Waals surface area contributed by atoms with Gasteiger partial charge >= 0.3 is 5.97 Å². The maximum Gasteiger partial charge on any atom is 0.333 e. The molecule has 1 aliphatic rings. The van der Waals surface area contributed by atoms with E-state index in [2.05, 4.69) is 6.58 Å². The molecule has 6 nitrogen and oxygen atoms in total. The van der Waals surface area contributed by atoms with E-state index in [9.17, 15) is 9.59 Å². The Bertz CT molecular complexity index is 604. The first-order valence-electron chi connectivity index (χ1n) is 8.43. The van der Waals surface area contributed by atoms with Gasteiger partial charge in [0, 0.05) is 24.5 Å². The first kappa shape index (κ1) is 19.0. The van der Waals surface area contributed by atoms with E-state index in [0.29, 0.717) is 42.3 Å². The van der Waals surface area contributed by atoms with Crippen LogP contribution in [0.5, 0.6) is 11.5 Å². The molecule has 1 atom stereocenters. The fourth-order valence-electron chi connectivity index (χ4n) is 2.30. The molecular formula is C19H24O6. The lowest BCUT2D eigenvalue weighted by Crippen LogP contribution is -2.25. The molecule has 1 saturated heterocycles. The van der Waals surface area contributed by atoms with Crippen molar-refractivity contribution in [2.75, 3.05) is 19.8 Å². The zero-order chi connectivity index (χ0) is 18.1. The Balaban J connectivity index is 1.85. The Hall–Kier alpha value is -2.34. The molecule has 0 N–H and O–H groups in total. The van der Waals surface area contributed by atoms with Gasteiger partial charge in [-0.15, -0.1) is 0 Å². The molecule has 1 aliphatic heterocycles. The molecule has 0 saturated carbocycles. The molecule has 25 heavy (non-hydrogen) atoms. The number of rotatable bonds is 9. The number of esters is 1. The summed E-state index contributed by atoms with van der Waals surface area (Å²) >= 11 is 0. The lowest BCUT2D eigenvalue weighted by molar-refractivity contribution is -0.139. The summed E-state index contributed by atoms with van der Waals surface area (Å²) in [7, 11) is 0. The largest absolute Gasteiger partial charge is 0.493 e. The summed E-state index contributed by atoms with van der Waals surface area (Å²) in [6, 6.07) is 5.06. The highest BCUT2D eigenvalue weighted by Gasteiger charge is 2.16. The minimum atomic E-state index is -0.420. The van der Waals surface area contributed by atoms with Gasteiger partial charge in [-0.25, -0.2) is 4.79 Å². The molecule has 136 valence electrons. The van der Waals surface area contributed by atoms with Crippen LogP contribution in [-0.2, 0) is 14.3 Å². The number of carbonyl (C=O) groups is 2. The van der Waals surface area contributed by atoms with Gasteiger partial charge in [0.1, 0.15) is 11.5 Å². The van der Waals surface area contributed by atoms with Gasteiger partial charge in [0.2, 0.25) is 0 Å². The predicted octanol–water partition coefficient (Wildman–Crippen LogP) is 3.29. The molecule has 0 amide bonds. The molecule has 0 aromatic heterocycles. The van der Waals surface area contributed by atoms with E-state index in [1.807, 2.05) is 0 Å². The summed E-state index contributed by atoms with van der Waals surface area (Å²) in [5.74, 6) is 0.618. The van der Waals surface area contributed by atoms with Crippen molar-refractivity contribution in [1.82, 2.24) is 0 Å². The van der Waals surface area contributed by atoms with Crippen LogP contribution < -0.4 is 9.47 Å². The van der Waals surface area contributed by atoms with Crippen molar-refractivity contribution in [3.05, 3.63) is 35.9 Å². The lowest BCUT2D eigenvalue weighted by atomic mass is 10.2. The number of benzene rings is 1. The van der Waals surface area contributed by atoms with Crippen LogP contribution in [0.4, 0.5) is 0 Å². The fourth-order valence-corrected chi connectivity index (χ4v) is 2.30. The molecule has 0 spiro atoms. The van der Waals surface area contributed by atoms with Crippen LogP contribution in [0.2, 0.25) is 0 Å². The number of hydrogen-bond acceptors (Lipinski definition) is 6. The Morgan fingerprint density at radius 2 is 2.20 bits per heavy atom. The van der Waals surface area contributed by atoms with Crippen molar-refractivity contribution in [3.63, 3.8) is 0 Å². The zero-order valence-electron chi connectivity index (χ0n) is 14.5. The highest BCUT2D eigenvalue weighted by molar-refractivity contribution is 5.86. The maximum atomic E-state index is 11.3. The molecule has 6 heteroatoms. The van der Waals surface area contributed by atoms with Crippen molar-refractivity contribution >= 4 is 12.3 Å². The van der Waals surface area contributed by atoms with Crippen molar-refractivity contribution in [1.29, 1.82) is 0 Å². The molecular weight excluding hydrogens is 324 g/mol. The van der Waals surface area contributed by atoms with Gasteiger partial charge in [-0.3, -0.25) is 4.79 Å². The third-order valence-corrected chi connectivity index (χ3v) is 3.65. The summed E-state index contributed by atoms with van der Waals surface area (Å²) in [5, 5.41) is 0. The molecule has 1 heterocycles. The Morgan fingerprint density at radius 1 is 1.36 bits per heavy atom. The van der Waals surface area contributed by atoms with Gasteiger partial charge in [0.15, 0.2) is 12.6 Å². The first-order valence-corrected chi connectivity index (χ1v) is 8.43. The Morgan fingerprint density at radius 3 is 2.88 bits per heavy atom. The second-order valence-corrected chi connectivity index (χ2v) is 5.85.